The van der Waals surface area contributed by atoms with Crippen LogP contribution in [0.2, 0.25) is 0 Å². The van der Waals surface area contributed by atoms with Crippen molar-refractivity contribution in [3.8, 4) is 0 Å². The lowest BCUT2D eigenvalue weighted by Gasteiger charge is -2.29. The summed E-state index contributed by atoms with van der Waals surface area (Å²) in [6, 6.07) is 19.6. The third-order valence-electron chi connectivity index (χ3n) is 8.94. The van der Waals surface area contributed by atoms with Crippen molar-refractivity contribution in [1.82, 2.24) is 0 Å². The first kappa shape index (κ1) is 32.2. The van der Waals surface area contributed by atoms with Gasteiger partial charge in [0, 0.05) is 11.8 Å². The molecular formula is C40H58. The topological polar surface area (TPSA) is 0 Å². The second kappa shape index (κ2) is 10.8. The Labute approximate surface area is 248 Å². The van der Waals surface area contributed by atoms with Crippen molar-refractivity contribution in [2.45, 2.75) is 144 Å². The zero-order valence-corrected chi connectivity index (χ0v) is 28.8. The van der Waals surface area contributed by atoms with E-state index in [1.54, 1.807) is 0 Å². The Morgan fingerprint density at radius 1 is 0.400 bits per heavy atom. The van der Waals surface area contributed by atoms with E-state index < -0.39 is 0 Å². The lowest BCUT2D eigenvalue weighted by Crippen LogP contribution is -2.18. The first-order valence-electron chi connectivity index (χ1n) is 15.4. The normalized spacial score (nSPS) is 14.8. The van der Waals surface area contributed by atoms with Gasteiger partial charge in [0.25, 0.3) is 0 Å². The summed E-state index contributed by atoms with van der Waals surface area (Å²) >= 11 is 0. The summed E-state index contributed by atoms with van der Waals surface area (Å²) < 4.78 is 0. The van der Waals surface area contributed by atoms with Crippen LogP contribution < -0.4 is 0 Å². The first-order chi connectivity index (χ1) is 18.0. The molecule has 0 aliphatic carbocycles. The zero-order valence-electron chi connectivity index (χ0n) is 28.8. The Hall–Kier alpha value is -2.34. The number of hydrogen-bond acceptors (Lipinski definition) is 0. The van der Waals surface area contributed by atoms with Crippen LogP contribution in [0.15, 0.2) is 48.5 Å². The van der Waals surface area contributed by atoms with E-state index >= 15 is 0 Å². The molecular weight excluding hydrogens is 480 g/mol. The molecule has 2 atom stereocenters. The highest BCUT2D eigenvalue weighted by Gasteiger charge is 2.26. The Bertz CT molecular complexity index is 1190. The molecule has 3 aromatic rings. The van der Waals surface area contributed by atoms with Gasteiger partial charge in [0.1, 0.15) is 0 Å². The van der Waals surface area contributed by atoms with Crippen LogP contribution in [0.1, 0.15) is 164 Å². The van der Waals surface area contributed by atoms with Gasteiger partial charge in [0.2, 0.25) is 0 Å². The third kappa shape index (κ3) is 7.10. The van der Waals surface area contributed by atoms with E-state index in [-0.39, 0.29) is 21.7 Å². The van der Waals surface area contributed by atoms with Gasteiger partial charge in [0.05, 0.1) is 0 Å². The summed E-state index contributed by atoms with van der Waals surface area (Å²) in [4.78, 5) is 0. The Kier molecular flexibility index (Phi) is 8.70. The Morgan fingerprint density at radius 3 is 0.875 bits per heavy atom. The van der Waals surface area contributed by atoms with Crippen LogP contribution >= 0.6 is 0 Å². The highest BCUT2D eigenvalue weighted by molar-refractivity contribution is 5.50. The lowest BCUT2D eigenvalue weighted by molar-refractivity contribution is 0.565. The molecule has 3 aromatic carbocycles. The van der Waals surface area contributed by atoms with Gasteiger partial charge >= 0.3 is 0 Å². The van der Waals surface area contributed by atoms with Crippen LogP contribution in [0.25, 0.3) is 0 Å². The van der Waals surface area contributed by atoms with E-state index in [0.29, 0.717) is 11.8 Å². The number of benzene rings is 3. The maximum absolute atomic E-state index is 2.47. The van der Waals surface area contributed by atoms with Gasteiger partial charge in [0.15, 0.2) is 0 Å². The van der Waals surface area contributed by atoms with Gasteiger partial charge < -0.3 is 0 Å². The van der Waals surface area contributed by atoms with E-state index in [1.807, 2.05) is 0 Å². The summed E-state index contributed by atoms with van der Waals surface area (Å²) in [7, 11) is 0. The van der Waals surface area contributed by atoms with Gasteiger partial charge in [-0.25, -0.2) is 0 Å². The minimum atomic E-state index is 0.111. The molecule has 0 heteroatoms. The third-order valence-corrected chi connectivity index (χ3v) is 8.94. The molecule has 0 radical (unpaired) electrons. The van der Waals surface area contributed by atoms with Crippen LogP contribution in [0.3, 0.4) is 0 Å². The van der Waals surface area contributed by atoms with Crippen molar-refractivity contribution in [3.05, 3.63) is 104 Å². The molecule has 0 unspecified atom stereocenters. The molecule has 0 N–H and O–H groups in total. The second-order valence-corrected chi connectivity index (χ2v) is 16.7. The molecule has 0 amide bonds. The highest BCUT2D eigenvalue weighted by atomic mass is 14.3. The predicted molar refractivity (Wildman–Crippen MR) is 179 cm³/mol. The molecule has 0 aromatic heterocycles. The van der Waals surface area contributed by atoms with Crippen molar-refractivity contribution in [1.29, 1.82) is 0 Å². The highest BCUT2D eigenvalue weighted by Crippen LogP contribution is 2.40. The largest absolute Gasteiger partial charge is 0.0561 e. The molecule has 0 saturated carbocycles. The minimum Gasteiger partial charge on any atom is -0.0561 e. The molecule has 0 nitrogen and oxygen atoms in total. The van der Waals surface area contributed by atoms with Crippen molar-refractivity contribution < 1.29 is 0 Å². The molecule has 40 heavy (non-hydrogen) atoms. The molecule has 0 heterocycles. The fraction of sp³-hybridized carbons (Fsp3) is 0.550. The SMILES string of the molecule is Cc1cc([C@H](C)c2cc(C(C)(C)C)cc(C(C)(C)C)c2)c(C)c([C@H](C)c2cc(C(C)(C)C)cc(C(C)(C)C)c2)c1. The lowest BCUT2D eigenvalue weighted by atomic mass is 9.75. The van der Waals surface area contributed by atoms with E-state index in [0.717, 1.165) is 0 Å². The van der Waals surface area contributed by atoms with Crippen molar-refractivity contribution >= 4 is 0 Å². The Balaban J connectivity index is 2.20. The molecule has 0 aliphatic heterocycles. The quantitative estimate of drug-likeness (QED) is 0.310. The number of aryl methyl sites for hydroxylation is 1. The van der Waals surface area contributed by atoms with Crippen LogP contribution in [-0.4, -0.2) is 0 Å². The smallest absolute Gasteiger partial charge is 0.00640 e. The summed E-state index contributed by atoms with van der Waals surface area (Å²) in [6.45, 7) is 37.4. The van der Waals surface area contributed by atoms with Gasteiger partial charge in [-0.3, -0.25) is 0 Å². The molecule has 0 fully saturated rings. The van der Waals surface area contributed by atoms with E-state index in [9.17, 15) is 0 Å². The van der Waals surface area contributed by atoms with Gasteiger partial charge in [-0.2, -0.15) is 0 Å². The zero-order chi connectivity index (χ0) is 30.6. The predicted octanol–water partition coefficient (Wildman–Crippen LogP) is 11.8. The van der Waals surface area contributed by atoms with E-state index in [4.69, 9.17) is 0 Å². The fourth-order valence-corrected chi connectivity index (χ4v) is 5.71. The monoisotopic (exact) mass is 538 g/mol. The summed E-state index contributed by atoms with van der Waals surface area (Å²) in [5.41, 5.74) is 14.7. The molecule has 0 saturated heterocycles. The van der Waals surface area contributed by atoms with Crippen molar-refractivity contribution in [3.63, 3.8) is 0 Å². The summed E-state index contributed by atoms with van der Waals surface area (Å²) in [5, 5.41) is 0. The van der Waals surface area contributed by atoms with Gasteiger partial charge in [-0.15, -0.1) is 0 Å². The molecule has 0 spiro atoms. The Morgan fingerprint density at radius 2 is 0.650 bits per heavy atom. The van der Waals surface area contributed by atoms with Crippen LogP contribution in [0.5, 0.6) is 0 Å². The van der Waals surface area contributed by atoms with Gasteiger partial charge in [-0.1, -0.05) is 151 Å². The van der Waals surface area contributed by atoms with Gasteiger partial charge in [-0.05, 0) is 85.6 Å². The number of hydrogen-bond donors (Lipinski definition) is 0. The molecule has 0 bridgehead atoms. The maximum atomic E-state index is 2.47. The maximum Gasteiger partial charge on any atom is 0.00640 e. The van der Waals surface area contributed by atoms with E-state index in [2.05, 4.69) is 159 Å². The standard InChI is InChI=1S/C40H58/c1-25-17-35(26(2)29-19-31(37(5,6)7)23-32(20-29)38(8,9)10)28(4)36(18-25)27(3)30-21-33(39(11,12)13)24-34(22-30)40(14,15)16/h17-24,26-27H,1-16H3/t26-,27-/m1/s1. The minimum absolute atomic E-state index is 0.111. The van der Waals surface area contributed by atoms with Crippen LogP contribution in [0, 0.1) is 13.8 Å². The second-order valence-electron chi connectivity index (χ2n) is 16.7. The molecule has 218 valence electrons. The van der Waals surface area contributed by atoms with Crippen LogP contribution in [-0.2, 0) is 21.7 Å². The molecule has 3 rings (SSSR count). The molecule has 0 aliphatic rings. The first-order valence-corrected chi connectivity index (χ1v) is 15.4. The van der Waals surface area contributed by atoms with Crippen LogP contribution in [0.4, 0.5) is 0 Å². The fourth-order valence-electron chi connectivity index (χ4n) is 5.71. The average molecular weight is 539 g/mol. The van der Waals surface area contributed by atoms with E-state index in [1.165, 1.54) is 55.6 Å². The number of rotatable bonds is 4. The summed E-state index contributed by atoms with van der Waals surface area (Å²) in [5.74, 6) is 0.639. The van der Waals surface area contributed by atoms with Crippen molar-refractivity contribution in [2.75, 3.05) is 0 Å². The summed E-state index contributed by atoms with van der Waals surface area (Å²) in [6.07, 6.45) is 0. The average Bonchev–Trinajstić information content (AvgIpc) is 2.81. The van der Waals surface area contributed by atoms with Crippen molar-refractivity contribution in [2.24, 2.45) is 0 Å².